The van der Waals surface area contributed by atoms with Crippen LogP contribution in [0.3, 0.4) is 0 Å². The van der Waals surface area contributed by atoms with Crippen molar-refractivity contribution in [3.05, 3.63) is 104 Å². The molecule has 0 aliphatic heterocycles. The molecular weight excluding hydrogens is 536 g/mol. The number of benzene rings is 2. The summed E-state index contributed by atoms with van der Waals surface area (Å²) >= 11 is 9.27. The second-order valence-corrected chi connectivity index (χ2v) is 11.6. The first kappa shape index (κ1) is 26.4. The van der Waals surface area contributed by atoms with Crippen LogP contribution in [-0.2, 0) is 25.1 Å². The van der Waals surface area contributed by atoms with Crippen LogP contribution in [0.15, 0.2) is 66.0 Å². The molecule has 2 heterocycles. The largest absolute Gasteiger partial charge is 0.348 e. The van der Waals surface area contributed by atoms with Crippen LogP contribution in [0.2, 0.25) is 5.02 Å². The van der Waals surface area contributed by atoms with Crippen LogP contribution in [0.5, 0.6) is 0 Å². The van der Waals surface area contributed by atoms with Gasteiger partial charge in [0.15, 0.2) is 10.9 Å². The van der Waals surface area contributed by atoms with E-state index in [0.717, 1.165) is 41.7 Å². The minimum absolute atomic E-state index is 0.0935. The van der Waals surface area contributed by atoms with Gasteiger partial charge in [0.1, 0.15) is 5.00 Å². The van der Waals surface area contributed by atoms with Gasteiger partial charge in [0.05, 0.1) is 16.8 Å². The van der Waals surface area contributed by atoms with Crippen LogP contribution in [-0.4, -0.2) is 21.8 Å². The number of carbonyl (C=O) groups excluding carboxylic acids is 2. The van der Waals surface area contributed by atoms with Crippen LogP contribution in [0.4, 0.5) is 5.00 Å². The molecule has 6 nitrogen and oxygen atoms in total. The maximum Gasteiger partial charge on any atom is 0.276 e. The predicted molar refractivity (Wildman–Crippen MR) is 154 cm³/mol. The van der Waals surface area contributed by atoms with E-state index >= 15 is 0 Å². The highest BCUT2D eigenvalue weighted by molar-refractivity contribution is 7.98. The minimum Gasteiger partial charge on any atom is -0.348 e. The monoisotopic (exact) mass is 562 g/mol. The first-order valence-corrected chi connectivity index (χ1v) is 14.7. The fourth-order valence-electron chi connectivity index (χ4n) is 4.42. The zero-order valence-electron chi connectivity index (χ0n) is 20.9. The van der Waals surface area contributed by atoms with Gasteiger partial charge in [-0.05, 0) is 54.9 Å². The molecule has 194 valence electrons. The summed E-state index contributed by atoms with van der Waals surface area (Å²) in [4.78, 5) is 36.6. The number of halogens is 1. The average Bonchev–Trinajstić information content (AvgIpc) is 3.30. The van der Waals surface area contributed by atoms with Crippen molar-refractivity contribution in [3.63, 3.8) is 0 Å². The van der Waals surface area contributed by atoms with Gasteiger partial charge in [-0.25, -0.2) is 9.97 Å². The topological polar surface area (TPSA) is 84.0 Å². The fraction of sp³-hybridized carbons (Fsp3) is 0.241. The first-order valence-electron chi connectivity index (χ1n) is 12.5. The molecule has 0 fully saturated rings. The molecule has 4 aromatic rings. The number of nitrogens with one attached hydrogen (secondary N) is 2. The Hall–Kier alpha value is -3.20. The lowest BCUT2D eigenvalue weighted by Gasteiger charge is -2.13. The maximum atomic E-state index is 13.4. The van der Waals surface area contributed by atoms with E-state index in [-0.39, 0.29) is 16.6 Å². The molecule has 2 aromatic heterocycles. The van der Waals surface area contributed by atoms with E-state index in [9.17, 15) is 9.59 Å². The normalized spacial score (nSPS) is 12.6. The molecule has 0 saturated heterocycles. The number of carbonyl (C=O) groups is 2. The lowest BCUT2D eigenvalue weighted by molar-refractivity contribution is 0.0951. The van der Waals surface area contributed by atoms with E-state index in [1.54, 1.807) is 0 Å². The third kappa shape index (κ3) is 6.09. The summed E-state index contributed by atoms with van der Waals surface area (Å²) in [6, 6.07) is 17.9. The number of rotatable bonds is 8. The number of thiophene rings is 1. The molecule has 0 spiro atoms. The van der Waals surface area contributed by atoms with E-state index in [1.165, 1.54) is 40.4 Å². The summed E-state index contributed by atoms with van der Waals surface area (Å²) in [7, 11) is 0. The summed E-state index contributed by atoms with van der Waals surface area (Å²) in [5, 5.41) is 7.14. The van der Waals surface area contributed by atoms with Crippen molar-refractivity contribution in [2.24, 2.45) is 0 Å². The summed E-state index contributed by atoms with van der Waals surface area (Å²) in [5.74, 6) is 0.0383. The number of hydrogen-bond acceptors (Lipinski definition) is 6. The van der Waals surface area contributed by atoms with E-state index in [2.05, 4.69) is 39.7 Å². The molecule has 0 atom stereocenters. The highest BCUT2D eigenvalue weighted by Crippen LogP contribution is 2.38. The Morgan fingerprint density at radius 1 is 1.03 bits per heavy atom. The first-order chi connectivity index (χ1) is 18.5. The molecule has 0 bridgehead atoms. The second-order valence-electron chi connectivity index (χ2n) is 9.10. The van der Waals surface area contributed by atoms with E-state index < -0.39 is 5.91 Å². The third-order valence-corrected chi connectivity index (χ3v) is 8.87. The van der Waals surface area contributed by atoms with E-state index in [0.29, 0.717) is 28.0 Å². The van der Waals surface area contributed by atoms with Crippen molar-refractivity contribution >= 4 is 51.5 Å². The highest BCUT2D eigenvalue weighted by atomic mass is 35.5. The quantitative estimate of drug-likeness (QED) is 0.181. The van der Waals surface area contributed by atoms with Crippen LogP contribution in [0.25, 0.3) is 0 Å². The van der Waals surface area contributed by atoms with Gasteiger partial charge in [-0.15, -0.1) is 11.3 Å². The smallest absolute Gasteiger partial charge is 0.276 e. The fourth-order valence-corrected chi connectivity index (χ4v) is 6.77. The molecular formula is C29H27ClN4O2S2. The van der Waals surface area contributed by atoms with Gasteiger partial charge in [0.25, 0.3) is 11.8 Å². The van der Waals surface area contributed by atoms with Gasteiger partial charge >= 0.3 is 0 Å². The Labute approximate surface area is 235 Å². The van der Waals surface area contributed by atoms with Crippen LogP contribution >= 0.6 is 34.7 Å². The van der Waals surface area contributed by atoms with E-state index in [4.69, 9.17) is 11.6 Å². The average molecular weight is 563 g/mol. The number of aryl methyl sites for hydroxylation is 2. The van der Waals surface area contributed by atoms with Crippen molar-refractivity contribution in [2.75, 3.05) is 5.32 Å². The lowest BCUT2D eigenvalue weighted by Crippen LogP contribution is -2.25. The van der Waals surface area contributed by atoms with Crippen molar-refractivity contribution in [3.8, 4) is 0 Å². The van der Waals surface area contributed by atoms with Crippen molar-refractivity contribution < 1.29 is 9.59 Å². The van der Waals surface area contributed by atoms with Crippen molar-refractivity contribution in [2.45, 2.75) is 50.1 Å². The van der Waals surface area contributed by atoms with Gasteiger partial charge in [-0.1, -0.05) is 78.0 Å². The minimum atomic E-state index is -0.453. The Morgan fingerprint density at radius 3 is 2.61 bits per heavy atom. The standard InChI is InChI=1S/C29H27ClN4O2S2/c1-18-9-5-6-12-20(18)17-37-29-32-16-22(30)25(33-29)27(36)34-28-24(21-13-7-8-14-23(21)38-28)26(35)31-15-19-10-3-2-4-11-19/h2-6,9-12,16H,7-8,13-15,17H2,1H3,(H,31,35)(H,34,36). The Morgan fingerprint density at radius 2 is 1.79 bits per heavy atom. The van der Waals surface area contributed by atoms with Crippen molar-refractivity contribution in [1.29, 1.82) is 0 Å². The number of aromatic nitrogens is 2. The van der Waals surface area contributed by atoms with Gasteiger partial charge < -0.3 is 10.6 Å². The number of amides is 2. The summed E-state index contributed by atoms with van der Waals surface area (Å²) in [6.07, 6.45) is 5.28. The van der Waals surface area contributed by atoms with Crippen molar-refractivity contribution in [1.82, 2.24) is 15.3 Å². The molecule has 1 aliphatic carbocycles. The molecule has 5 rings (SSSR count). The van der Waals surface area contributed by atoms with Crippen LogP contribution in [0, 0.1) is 6.92 Å². The van der Waals surface area contributed by atoms with Gasteiger partial charge in [0, 0.05) is 17.2 Å². The lowest BCUT2D eigenvalue weighted by atomic mass is 9.95. The van der Waals surface area contributed by atoms with Crippen LogP contribution < -0.4 is 10.6 Å². The number of fused-ring (bicyclic) bond motifs is 1. The molecule has 2 amide bonds. The van der Waals surface area contributed by atoms with E-state index in [1.807, 2.05) is 42.5 Å². The Kier molecular flexibility index (Phi) is 8.42. The molecule has 2 N–H and O–H groups in total. The van der Waals surface area contributed by atoms with Gasteiger partial charge in [-0.3, -0.25) is 9.59 Å². The molecule has 1 aliphatic rings. The summed E-state index contributed by atoms with van der Waals surface area (Å²) in [5.41, 5.74) is 5.05. The molecule has 38 heavy (non-hydrogen) atoms. The predicted octanol–water partition coefficient (Wildman–Crippen LogP) is 6.85. The Balaban J connectivity index is 1.35. The summed E-state index contributed by atoms with van der Waals surface area (Å²) < 4.78 is 0. The second kappa shape index (κ2) is 12.1. The number of thioether (sulfide) groups is 1. The number of nitrogens with zero attached hydrogens (tertiary/aromatic N) is 2. The maximum absolute atomic E-state index is 13.4. The number of anilines is 1. The molecule has 0 unspecified atom stereocenters. The molecule has 9 heteroatoms. The molecule has 2 aromatic carbocycles. The zero-order chi connectivity index (χ0) is 26.5. The third-order valence-electron chi connectivity index (χ3n) is 6.48. The van der Waals surface area contributed by atoms with Crippen LogP contribution in [0.1, 0.15) is 60.8 Å². The SMILES string of the molecule is Cc1ccccc1CSc1ncc(Cl)c(C(=O)Nc2sc3c(c2C(=O)NCc2ccccc2)CCCC3)n1. The molecule has 0 saturated carbocycles. The zero-order valence-corrected chi connectivity index (χ0v) is 23.3. The van der Waals surface area contributed by atoms with Gasteiger partial charge in [0.2, 0.25) is 0 Å². The number of hydrogen-bond donors (Lipinski definition) is 2. The highest BCUT2D eigenvalue weighted by Gasteiger charge is 2.27. The Bertz CT molecular complexity index is 1470. The molecule has 0 radical (unpaired) electrons. The van der Waals surface area contributed by atoms with Gasteiger partial charge in [-0.2, -0.15) is 0 Å². The summed E-state index contributed by atoms with van der Waals surface area (Å²) in [6.45, 7) is 2.47.